The standard InChI is InChI=1S/C14H10ClN3O/c15-10-1-2-12-9(7-10)8-13(18-12)14(19)17-11-3-5-16-6-4-11/h1-8,18H,(H,16,17,19). The van der Waals surface area contributed by atoms with Crippen molar-refractivity contribution in [3.63, 3.8) is 0 Å². The monoisotopic (exact) mass is 271 g/mol. The fraction of sp³-hybridized carbons (Fsp3) is 0. The molecule has 94 valence electrons. The van der Waals surface area contributed by atoms with Crippen LogP contribution in [0.1, 0.15) is 10.5 Å². The second kappa shape index (κ2) is 4.74. The van der Waals surface area contributed by atoms with Crippen molar-refractivity contribution in [2.24, 2.45) is 0 Å². The molecule has 2 heterocycles. The second-order valence-electron chi connectivity index (χ2n) is 4.10. The van der Waals surface area contributed by atoms with E-state index in [-0.39, 0.29) is 5.91 Å². The van der Waals surface area contributed by atoms with E-state index in [2.05, 4.69) is 15.3 Å². The van der Waals surface area contributed by atoms with Gasteiger partial charge in [-0.3, -0.25) is 9.78 Å². The summed E-state index contributed by atoms with van der Waals surface area (Å²) in [6, 6.07) is 10.7. The molecule has 2 aromatic heterocycles. The van der Waals surface area contributed by atoms with Gasteiger partial charge in [0.25, 0.3) is 5.91 Å². The van der Waals surface area contributed by atoms with Crippen LogP contribution in [0.2, 0.25) is 5.02 Å². The van der Waals surface area contributed by atoms with Crippen molar-refractivity contribution in [1.29, 1.82) is 0 Å². The third kappa shape index (κ3) is 2.44. The summed E-state index contributed by atoms with van der Waals surface area (Å²) in [5.74, 6) is -0.196. The number of carbonyl (C=O) groups is 1. The summed E-state index contributed by atoms with van der Waals surface area (Å²) in [4.78, 5) is 19.0. The Kier molecular flexibility index (Phi) is 2.93. The molecule has 0 unspecified atom stereocenters. The number of aromatic nitrogens is 2. The van der Waals surface area contributed by atoms with Gasteiger partial charge in [0.15, 0.2) is 0 Å². The number of H-pyrrole nitrogens is 1. The molecule has 0 aliphatic heterocycles. The fourth-order valence-electron chi connectivity index (χ4n) is 1.86. The van der Waals surface area contributed by atoms with Crippen LogP contribution in [0.25, 0.3) is 10.9 Å². The lowest BCUT2D eigenvalue weighted by molar-refractivity contribution is 0.102. The van der Waals surface area contributed by atoms with Crippen molar-refractivity contribution in [1.82, 2.24) is 9.97 Å². The SMILES string of the molecule is O=C(Nc1ccncc1)c1cc2cc(Cl)ccc2[nH]1. The lowest BCUT2D eigenvalue weighted by Gasteiger charge is -2.01. The quantitative estimate of drug-likeness (QED) is 0.750. The molecule has 1 amide bonds. The molecule has 3 aromatic rings. The number of rotatable bonds is 2. The molecule has 0 fully saturated rings. The summed E-state index contributed by atoms with van der Waals surface area (Å²) in [6.45, 7) is 0. The van der Waals surface area contributed by atoms with E-state index in [9.17, 15) is 4.79 Å². The molecule has 0 radical (unpaired) electrons. The number of hydrogen-bond acceptors (Lipinski definition) is 2. The molecular weight excluding hydrogens is 262 g/mol. The predicted molar refractivity (Wildman–Crippen MR) is 75.5 cm³/mol. The number of carbonyl (C=O) groups excluding carboxylic acids is 1. The fourth-order valence-corrected chi connectivity index (χ4v) is 2.04. The normalized spacial score (nSPS) is 10.6. The molecule has 0 spiro atoms. The first kappa shape index (κ1) is 11.7. The van der Waals surface area contributed by atoms with Crippen LogP contribution in [0.4, 0.5) is 5.69 Å². The molecule has 4 nitrogen and oxygen atoms in total. The Morgan fingerprint density at radius 3 is 2.74 bits per heavy atom. The van der Waals surface area contributed by atoms with E-state index in [0.717, 1.165) is 10.9 Å². The molecule has 3 rings (SSSR count). The molecule has 0 bridgehead atoms. The van der Waals surface area contributed by atoms with Crippen molar-refractivity contribution in [3.8, 4) is 0 Å². The maximum Gasteiger partial charge on any atom is 0.272 e. The van der Waals surface area contributed by atoms with Gasteiger partial charge in [0.05, 0.1) is 0 Å². The number of amides is 1. The third-order valence-corrected chi connectivity index (χ3v) is 3.00. The van der Waals surface area contributed by atoms with Crippen molar-refractivity contribution in [2.45, 2.75) is 0 Å². The Balaban J connectivity index is 1.89. The number of nitrogens with zero attached hydrogens (tertiary/aromatic N) is 1. The number of fused-ring (bicyclic) bond motifs is 1. The molecular formula is C14H10ClN3O. The largest absolute Gasteiger partial charge is 0.351 e. The molecule has 0 aliphatic rings. The zero-order chi connectivity index (χ0) is 13.2. The highest BCUT2D eigenvalue weighted by atomic mass is 35.5. The van der Waals surface area contributed by atoms with Crippen LogP contribution in [0.3, 0.4) is 0 Å². The number of aromatic amines is 1. The van der Waals surface area contributed by atoms with Crippen LogP contribution in [-0.4, -0.2) is 15.9 Å². The number of anilines is 1. The highest BCUT2D eigenvalue weighted by Crippen LogP contribution is 2.20. The zero-order valence-electron chi connectivity index (χ0n) is 9.85. The number of halogens is 1. The van der Waals surface area contributed by atoms with Crippen LogP contribution in [-0.2, 0) is 0 Å². The first-order chi connectivity index (χ1) is 9.22. The average molecular weight is 272 g/mol. The summed E-state index contributed by atoms with van der Waals surface area (Å²) in [5.41, 5.74) is 2.08. The van der Waals surface area contributed by atoms with Crippen LogP contribution in [0.5, 0.6) is 0 Å². The molecule has 0 aliphatic carbocycles. The average Bonchev–Trinajstić information content (AvgIpc) is 2.83. The maximum absolute atomic E-state index is 12.1. The van der Waals surface area contributed by atoms with E-state index >= 15 is 0 Å². The number of nitrogens with one attached hydrogen (secondary N) is 2. The van der Waals surface area contributed by atoms with E-state index < -0.39 is 0 Å². The van der Waals surface area contributed by atoms with Gasteiger partial charge in [0, 0.05) is 34.0 Å². The van der Waals surface area contributed by atoms with Crippen molar-refractivity contribution in [2.75, 3.05) is 5.32 Å². The van der Waals surface area contributed by atoms with Crippen LogP contribution in [0, 0.1) is 0 Å². The minimum Gasteiger partial charge on any atom is -0.351 e. The molecule has 0 saturated heterocycles. The van der Waals surface area contributed by atoms with Gasteiger partial charge in [-0.2, -0.15) is 0 Å². The molecule has 0 saturated carbocycles. The molecule has 1 aromatic carbocycles. The van der Waals surface area contributed by atoms with Gasteiger partial charge in [-0.1, -0.05) is 11.6 Å². The topological polar surface area (TPSA) is 57.8 Å². The summed E-state index contributed by atoms with van der Waals surface area (Å²) < 4.78 is 0. The number of hydrogen-bond donors (Lipinski definition) is 2. The van der Waals surface area contributed by atoms with E-state index in [1.54, 1.807) is 36.7 Å². The van der Waals surface area contributed by atoms with Gasteiger partial charge in [0.1, 0.15) is 5.69 Å². The second-order valence-corrected chi connectivity index (χ2v) is 4.54. The number of pyridine rings is 1. The third-order valence-electron chi connectivity index (χ3n) is 2.77. The first-order valence-electron chi connectivity index (χ1n) is 5.72. The smallest absolute Gasteiger partial charge is 0.272 e. The Labute approximate surface area is 114 Å². The summed E-state index contributed by atoms with van der Waals surface area (Å²) in [6.07, 6.45) is 3.25. The minimum atomic E-state index is -0.196. The lowest BCUT2D eigenvalue weighted by atomic mass is 10.2. The predicted octanol–water partition coefficient (Wildman–Crippen LogP) is 3.47. The lowest BCUT2D eigenvalue weighted by Crippen LogP contribution is -2.12. The first-order valence-corrected chi connectivity index (χ1v) is 6.10. The van der Waals surface area contributed by atoms with Gasteiger partial charge in [-0.25, -0.2) is 0 Å². The molecule has 19 heavy (non-hydrogen) atoms. The number of benzene rings is 1. The van der Waals surface area contributed by atoms with E-state index in [0.29, 0.717) is 16.4 Å². The van der Waals surface area contributed by atoms with E-state index in [1.165, 1.54) is 0 Å². The van der Waals surface area contributed by atoms with Crippen LogP contribution in [0.15, 0.2) is 48.8 Å². The molecule has 0 atom stereocenters. The van der Waals surface area contributed by atoms with Crippen molar-refractivity contribution < 1.29 is 4.79 Å². The Morgan fingerprint density at radius 1 is 1.16 bits per heavy atom. The van der Waals surface area contributed by atoms with Gasteiger partial charge < -0.3 is 10.3 Å². The summed E-state index contributed by atoms with van der Waals surface area (Å²) in [7, 11) is 0. The van der Waals surface area contributed by atoms with E-state index in [4.69, 9.17) is 11.6 Å². The zero-order valence-corrected chi connectivity index (χ0v) is 10.6. The Hall–Kier alpha value is -2.33. The highest BCUT2D eigenvalue weighted by molar-refractivity contribution is 6.31. The molecule has 2 N–H and O–H groups in total. The Morgan fingerprint density at radius 2 is 1.95 bits per heavy atom. The van der Waals surface area contributed by atoms with Gasteiger partial charge in [0.2, 0.25) is 0 Å². The summed E-state index contributed by atoms with van der Waals surface area (Å²) in [5, 5.41) is 4.35. The summed E-state index contributed by atoms with van der Waals surface area (Å²) >= 11 is 5.92. The van der Waals surface area contributed by atoms with Crippen LogP contribution >= 0.6 is 11.6 Å². The van der Waals surface area contributed by atoms with Gasteiger partial charge in [-0.05, 0) is 36.4 Å². The Bertz CT molecular complexity index is 737. The van der Waals surface area contributed by atoms with Crippen molar-refractivity contribution >= 4 is 34.1 Å². The van der Waals surface area contributed by atoms with Crippen LogP contribution < -0.4 is 5.32 Å². The minimum absolute atomic E-state index is 0.196. The molecule has 5 heteroatoms. The van der Waals surface area contributed by atoms with Gasteiger partial charge >= 0.3 is 0 Å². The van der Waals surface area contributed by atoms with Crippen molar-refractivity contribution in [3.05, 3.63) is 59.5 Å². The maximum atomic E-state index is 12.1. The highest BCUT2D eigenvalue weighted by Gasteiger charge is 2.09. The van der Waals surface area contributed by atoms with Gasteiger partial charge in [-0.15, -0.1) is 0 Å². The van der Waals surface area contributed by atoms with E-state index in [1.807, 2.05) is 12.1 Å².